The van der Waals surface area contributed by atoms with Crippen LogP contribution in [0.4, 0.5) is 5.82 Å². The van der Waals surface area contributed by atoms with Gasteiger partial charge >= 0.3 is 0 Å². The lowest BCUT2D eigenvalue weighted by Gasteiger charge is -2.10. The Hall–Kier alpha value is -2.43. The predicted molar refractivity (Wildman–Crippen MR) is 104 cm³/mol. The third kappa shape index (κ3) is 4.35. The monoisotopic (exact) mass is 334 g/mol. The van der Waals surface area contributed by atoms with Crippen molar-refractivity contribution >= 4 is 24.6 Å². The first-order valence-electron chi connectivity index (χ1n) is 8.67. The average Bonchev–Trinajstić information content (AvgIpc) is 3.05. The molecular weight excluding hydrogens is 311 g/mol. The number of pyridine rings is 1. The number of rotatable bonds is 8. The number of ether oxygens (including phenoxy) is 1. The van der Waals surface area contributed by atoms with E-state index in [-0.39, 0.29) is 0 Å². The minimum absolute atomic E-state index is 0.714. The van der Waals surface area contributed by atoms with Gasteiger partial charge in [0.2, 0.25) is 0 Å². The number of fused-ring (bicyclic) bond motifs is 1. The standard InChI is InChI=1S/C20H23BN2O2/c1-23(2)20-9-6-15(14-22-20)19-13-16-12-17(7-8-18(16)25-19)24-11-5-3-4-10-21/h6-9,12-14H,3-5,10-11H2,1-2H3. The van der Waals surface area contributed by atoms with Gasteiger partial charge in [0.15, 0.2) is 0 Å². The minimum Gasteiger partial charge on any atom is -0.494 e. The number of aromatic nitrogens is 1. The molecule has 0 spiro atoms. The summed E-state index contributed by atoms with van der Waals surface area (Å²) >= 11 is 0. The van der Waals surface area contributed by atoms with Crippen LogP contribution in [0.15, 0.2) is 47.0 Å². The number of benzene rings is 1. The number of nitrogens with zero attached hydrogens (tertiary/aromatic N) is 2. The van der Waals surface area contributed by atoms with E-state index in [1.807, 2.05) is 61.6 Å². The summed E-state index contributed by atoms with van der Waals surface area (Å²) in [6.07, 6.45) is 5.75. The molecule has 0 fully saturated rings. The second-order valence-electron chi connectivity index (χ2n) is 6.31. The summed E-state index contributed by atoms with van der Waals surface area (Å²) in [6.45, 7) is 0.714. The summed E-state index contributed by atoms with van der Waals surface area (Å²) in [6, 6.07) is 12.0. The van der Waals surface area contributed by atoms with Gasteiger partial charge in [-0.15, -0.1) is 0 Å². The van der Waals surface area contributed by atoms with Gasteiger partial charge in [0, 0.05) is 31.2 Å². The highest BCUT2D eigenvalue weighted by molar-refractivity contribution is 6.08. The lowest BCUT2D eigenvalue weighted by molar-refractivity contribution is 0.306. The first-order valence-corrected chi connectivity index (χ1v) is 8.67. The SMILES string of the molecule is [B]CCCCCOc1ccc2oc(-c3ccc(N(C)C)nc3)cc2c1. The molecule has 0 unspecified atom stereocenters. The molecular formula is C20H23BN2O2. The van der Waals surface area contributed by atoms with Gasteiger partial charge in [-0.05, 0) is 42.8 Å². The second kappa shape index (κ2) is 8.10. The van der Waals surface area contributed by atoms with Crippen LogP contribution >= 0.6 is 0 Å². The van der Waals surface area contributed by atoms with Gasteiger partial charge in [0.1, 0.15) is 22.9 Å². The fourth-order valence-electron chi connectivity index (χ4n) is 2.66. The molecule has 2 radical (unpaired) electrons. The smallest absolute Gasteiger partial charge is 0.136 e. The fourth-order valence-corrected chi connectivity index (χ4v) is 2.66. The maximum absolute atomic E-state index is 5.94. The molecule has 0 bridgehead atoms. The largest absolute Gasteiger partial charge is 0.494 e. The zero-order valence-corrected chi connectivity index (χ0v) is 14.9. The molecule has 0 aliphatic carbocycles. The van der Waals surface area contributed by atoms with Gasteiger partial charge in [-0.2, -0.15) is 0 Å². The third-order valence-corrected chi connectivity index (χ3v) is 4.10. The van der Waals surface area contributed by atoms with Crippen LogP contribution in [0.5, 0.6) is 5.75 Å². The van der Waals surface area contributed by atoms with Crippen molar-refractivity contribution in [1.29, 1.82) is 0 Å². The maximum Gasteiger partial charge on any atom is 0.136 e. The van der Waals surface area contributed by atoms with Gasteiger partial charge < -0.3 is 14.1 Å². The van der Waals surface area contributed by atoms with E-state index in [4.69, 9.17) is 17.0 Å². The van der Waals surface area contributed by atoms with Crippen LogP contribution in [0.2, 0.25) is 6.32 Å². The van der Waals surface area contributed by atoms with Gasteiger partial charge in [-0.1, -0.05) is 19.2 Å². The Kier molecular flexibility index (Phi) is 5.64. The molecule has 3 rings (SSSR count). The molecule has 0 aliphatic heterocycles. The molecule has 2 aromatic heterocycles. The van der Waals surface area contributed by atoms with Crippen LogP contribution in [0, 0.1) is 0 Å². The van der Waals surface area contributed by atoms with Crippen LogP contribution in [0.1, 0.15) is 19.3 Å². The van der Waals surface area contributed by atoms with Crippen molar-refractivity contribution in [2.24, 2.45) is 0 Å². The van der Waals surface area contributed by atoms with Gasteiger partial charge in [0.25, 0.3) is 0 Å². The van der Waals surface area contributed by atoms with E-state index in [9.17, 15) is 0 Å². The Bertz CT molecular complexity index is 812. The normalized spacial score (nSPS) is 11.0. The number of hydrogen-bond acceptors (Lipinski definition) is 4. The molecule has 5 heteroatoms. The van der Waals surface area contributed by atoms with Gasteiger partial charge in [-0.25, -0.2) is 4.98 Å². The number of furan rings is 1. The molecule has 4 nitrogen and oxygen atoms in total. The van der Waals surface area contributed by atoms with Crippen LogP contribution in [-0.2, 0) is 0 Å². The maximum atomic E-state index is 5.94. The summed E-state index contributed by atoms with van der Waals surface area (Å²) in [4.78, 5) is 6.41. The highest BCUT2D eigenvalue weighted by atomic mass is 16.5. The van der Waals surface area contributed by atoms with Crippen LogP contribution in [0.25, 0.3) is 22.3 Å². The zero-order chi connectivity index (χ0) is 17.6. The lowest BCUT2D eigenvalue weighted by atomic mass is 10.00. The van der Waals surface area contributed by atoms with E-state index in [0.717, 1.165) is 59.4 Å². The summed E-state index contributed by atoms with van der Waals surface area (Å²) in [5.74, 6) is 2.60. The van der Waals surface area contributed by atoms with Crippen molar-refractivity contribution in [3.8, 4) is 17.1 Å². The highest BCUT2D eigenvalue weighted by Gasteiger charge is 2.08. The average molecular weight is 334 g/mol. The van der Waals surface area contributed by atoms with E-state index in [1.54, 1.807) is 0 Å². The van der Waals surface area contributed by atoms with E-state index >= 15 is 0 Å². The molecule has 0 aliphatic rings. The number of hydrogen-bond donors (Lipinski definition) is 0. The minimum atomic E-state index is 0.714. The van der Waals surface area contributed by atoms with Crippen molar-refractivity contribution in [2.45, 2.75) is 25.6 Å². The number of unbranched alkanes of at least 4 members (excludes halogenated alkanes) is 2. The topological polar surface area (TPSA) is 38.5 Å². The summed E-state index contributed by atoms with van der Waals surface area (Å²) in [7, 11) is 9.45. The van der Waals surface area contributed by atoms with Crippen LogP contribution in [-0.4, -0.2) is 33.5 Å². The third-order valence-electron chi connectivity index (χ3n) is 4.10. The van der Waals surface area contributed by atoms with E-state index < -0.39 is 0 Å². The van der Waals surface area contributed by atoms with Crippen molar-refractivity contribution in [2.75, 3.05) is 25.6 Å². The zero-order valence-electron chi connectivity index (χ0n) is 14.9. The summed E-state index contributed by atoms with van der Waals surface area (Å²) < 4.78 is 11.8. The summed E-state index contributed by atoms with van der Waals surface area (Å²) in [5, 5.41) is 1.03. The molecule has 1 aromatic carbocycles. The van der Waals surface area contributed by atoms with Crippen molar-refractivity contribution in [1.82, 2.24) is 4.98 Å². The summed E-state index contributed by atoms with van der Waals surface area (Å²) in [5.41, 5.74) is 1.81. The molecule has 0 atom stereocenters. The molecule has 3 aromatic rings. The second-order valence-corrected chi connectivity index (χ2v) is 6.31. The van der Waals surface area contributed by atoms with Gasteiger partial charge in [-0.3, -0.25) is 0 Å². The van der Waals surface area contributed by atoms with E-state index in [2.05, 4.69) is 4.98 Å². The Morgan fingerprint density at radius 2 is 1.96 bits per heavy atom. The van der Waals surface area contributed by atoms with Crippen molar-refractivity contribution < 1.29 is 9.15 Å². The van der Waals surface area contributed by atoms with E-state index in [1.165, 1.54) is 0 Å². The quantitative estimate of drug-likeness (QED) is 0.442. The van der Waals surface area contributed by atoms with Crippen molar-refractivity contribution in [3.05, 3.63) is 42.6 Å². The van der Waals surface area contributed by atoms with Crippen molar-refractivity contribution in [3.63, 3.8) is 0 Å². The highest BCUT2D eigenvalue weighted by Crippen LogP contribution is 2.30. The number of anilines is 1. The predicted octanol–water partition coefficient (Wildman–Crippen LogP) is 4.70. The molecule has 25 heavy (non-hydrogen) atoms. The van der Waals surface area contributed by atoms with Crippen LogP contribution in [0.3, 0.4) is 0 Å². The molecule has 2 heterocycles. The molecule has 128 valence electrons. The van der Waals surface area contributed by atoms with Gasteiger partial charge in [0.05, 0.1) is 14.5 Å². The molecule has 0 saturated carbocycles. The first-order chi connectivity index (χ1) is 12.2. The van der Waals surface area contributed by atoms with E-state index in [0.29, 0.717) is 6.61 Å². The Balaban J connectivity index is 1.71. The fraction of sp³-hybridized carbons (Fsp3) is 0.350. The Morgan fingerprint density at radius 3 is 2.68 bits per heavy atom. The Morgan fingerprint density at radius 1 is 1.08 bits per heavy atom. The molecule has 0 amide bonds. The lowest BCUT2D eigenvalue weighted by Crippen LogP contribution is -2.09. The molecule has 0 N–H and O–H groups in total. The Labute approximate surface area is 150 Å². The first kappa shape index (κ1) is 17.4. The molecule has 0 saturated heterocycles. The van der Waals surface area contributed by atoms with Crippen LogP contribution < -0.4 is 9.64 Å².